The van der Waals surface area contributed by atoms with E-state index in [4.69, 9.17) is 9.15 Å². The second kappa shape index (κ2) is 7.20. The fraction of sp³-hybridized carbons (Fsp3) is 0.500. The molecule has 0 bridgehead atoms. The summed E-state index contributed by atoms with van der Waals surface area (Å²) in [7, 11) is 0. The molecule has 1 amide bonds. The number of esters is 1. The van der Waals surface area contributed by atoms with E-state index in [2.05, 4.69) is 13.8 Å². The van der Waals surface area contributed by atoms with Gasteiger partial charge in [0.05, 0.1) is 4.87 Å². The molecule has 0 radical (unpaired) electrons. The molecule has 154 valence electrons. The highest BCUT2D eigenvalue weighted by Crippen LogP contribution is 2.47. The zero-order valence-electron chi connectivity index (χ0n) is 17.1. The van der Waals surface area contributed by atoms with Crippen LogP contribution in [0.15, 0.2) is 27.4 Å². The third-order valence-electron chi connectivity index (χ3n) is 5.93. The van der Waals surface area contributed by atoms with Gasteiger partial charge in [-0.15, -0.1) is 11.8 Å². The smallest absolute Gasteiger partial charge is 0.336 e. The molecule has 2 atom stereocenters. The molecule has 0 saturated carbocycles. The number of nitrogens with zero attached hydrogens (tertiary/aromatic N) is 1. The van der Waals surface area contributed by atoms with E-state index in [0.29, 0.717) is 29.2 Å². The van der Waals surface area contributed by atoms with Crippen LogP contribution in [0.2, 0.25) is 0 Å². The molecule has 2 aromatic rings. The monoisotopic (exact) mass is 415 g/mol. The highest BCUT2D eigenvalue weighted by molar-refractivity contribution is 8.01. The molecule has 0 aliphatic carbocycles. The van der Waals surface area contributed by atoms with Crippen molar-refractivity contribution in [3.63, 3.8) is 0 Å². The van der Waals surface area contributed by atoms with Crippen LogP contribution in [0, 0.1) is 6.92 Å². The molecule has 1 aromatic carbocycles. The Labute approximate surface area is 173 Å². The number of fused-ring (bicyclic) bond motifs is 2. The fourth-order valence-corrected chi connectivity index (χ4v) is 5.79. The van der Waals surface area contributed by atoms with Gasteiger partial charge in [0.1, 0.15) is 18.2 Å². The van der Waals surface area contributed by atoms with E-state index in [1.807, 2.05) is 26.0 Å². The Balaban J connectivity index is 1.60. The molecule has 2 saturated heterocycles. The molecular weight excluding hydrogens is 390 g/mol. The Bertz CT molecular complexity index is 1060. The van der Waals surface area contributed by atoms with Crippen LogP contribution in [0.4, 0.5) is 0 Å². The number of benzene rings is 1. The topological polar surface area (TPSA) is 76.8 Å². The van der Waals surface area contributed by atoms with Crippen molar-refractivity contribution in [2.45, 2.75) is 64.0 Å². The van der Waals surface area contributed by atoms with E-state index in [0.717, 1.165) is 22.9 Å². The summed E-state index contributed by atoms with van der Waals surface area (Å²) in [5.74, 6) is 0.433. The lowest BCUT2D eigenvalue weighted by Crippen LogP contribution is -2.46. The Morgan fingerprint density at radius 1 is 1.34 bits per heavy atom. The van der Waals surface area contributed by atoms with E-state index in [-0.39, 0.29) is 17.4 Å². The first-order valence-corrected chi connectivity index (χ1v) is 10.9. The molecule has 7 heteroatoms. The largest absolute Gasteiger partial charge is 0.459 e. The van der Waals surface area contributed by atoms with Gasteiger partial charge < -0.3 is 14.1 Å². The Hall–Kier alpha value is -2.28. The molecule has 3 heterocycles. The van der Waals surface area contributed by atoms with E-state index in [1.54, 1.807) is 16.7 Å². The minimum atomic E-state index is -0.570. The minimum Gasteiger partial charge on any atom is -0.459 e. The van der Waals surface area contributed by atoms with Crippen LogP contribution >= 0.6 is 11.8 Å². The lowest BCUT2D eigenvalue weighted by molar-refractivity contribution is -0.154. The van der Waals surface area contributed by atoms with Crippen LogP contribution in [0.25, 0.3) is 11.0 Å². The molecule has 2 aliphatic heterocycles. The summed E-state index contributed by atoms with van der Waals surface area (Å²) < 4.78 is 10.9. The van der Waals surface area contributed by atoms with Gasteiger partial charge >= 0.3 is 11.6 Å². The number of hydrogen-bond acceptors (Lipinski definition) is 6. The van der Waals surface area contributed by atoms with Crippen LogP contribution in [0.1, 0.15) is 56.2 Å². The van der Waals surface area contributed by atoms with Crippen molar-refractivity contribution in [2.75, 3.05) is 5.75 Å². The zero-order valence-corrected chi connectivity index (χ0v) is 17.9. The van der Waals surface area contributed by atoms with E-state index < -0.39 is 17.6 Å². The SMILES string of the molecule is Cc1cc2oc(=O)cc(COC(=O)[C@H]3CS[C@@]4(C)CCC(=O)N34)c2cc1C(C)C. The Morgan fingerprint density at radius 2 is 2.10 bits per heavy atom. The molecule has 0 unspecified atom stereocenters. The van der Waals surface area contributed by atoms with Gasteiger partial charge in [-0.1, -0.05) is 13.8 Å². The van der Waals surface area contributed by atoms with Gasteiger partial charge in [0.2, 0.25) is 5.91 Å². The van der Waals surface area contributed by atoms with Crippen molar-refractivity contribution in [1.29, 1.82) is 0 Å². The predicted octanol–water partition coefficient (Wildman–Crippen LogP) is 3.72. The summed E-state index contributed by atoms with van der Waals surface area (Å²) in [6.07, 6.45) is 1.22. The lowest BCUT2D eigenvalue weighted by atomic mass is 9.95. The number of aryl methyl sites for hydroxylation is 1. The second-order valence-electron chi connectivity index (χ2n) is 8.32. The normalized spacial score (nSPS) is 23.8. The zero-order chi connectivity index (χ0) is 20.9. The summed E-state index contributed by atoms with van der Waals surface area (Å²) in [6.45, 7) is 8.18. The number of carbonyl (C=O) groups excluding carboxylic acids is 2. The summed E-state index contributed by atoms with van der Waals surface area (Å²) in [6, 6.07) is 4.68. The van der Waals surface area contributed by atoms with Crippen molar-refractivity contribution in [3.8, 4) is 0 Å². The van der Waals surface area contributed by atoms with Crippen molar-refractivity contribution >= 4 is 34.6 Å². The summed E-state index contributed by atoms with van der Waals surface area (Å²) >= 11 is 1.63. The molecule has 1 aromatic heterocycles. The van der Waals surface area contributed by atoms with Gasteiger partial charge in [-0.05, 0) is 49.4 Å². The molecule has 6 nitrogen and oxygen atoms in total. The maximum absolute atomic E-state index is 12.8. The van der Waals surface area contributed by atoms with Crippen LogP contribution < -0.4 is 5.63 Å². The first-order chi connectivity index (χ1) is 13.7. The van der Waals surface area contributed by atoms with Crippen LogP contribution in [-0.4, -0.2) is 33.4 Å². The van der Waals surface area contributed by atoms with Crippen molar-refractivity contribution in [1.82, 2.24) is 4.90 Å². The minimum absolute atomic E-state index is 0.00213. The Morgan fingerprint density at radius 3 is 2.83 bits per heavy atom. The number of thioether (sulfide) groups is 1. The second-order valence-corrected chi connectivity index (χ2v) is 9.83. The van der Waals surface area contributed by atoms with Gasteiger partial charge in [-0.25, -0.2) is 9.59 Å². The highest BCUT2D eigenvalue weighted by Gasteiger charge is 2.53. The fourth-order valence-electron chi connectivity index (χ4n) is 4.37. The lowest BCUT2D eigenvalue weighted by Gasteiger charge is -2.29. The summed E-state index contributed by atoms with van der Waals surface area (Å²) in [5, 5.41) is 0.773. The summed E-state index contributed by atoms with van der Waals surface area (Å²) in [4.78, 5) is 38.4. The number of amides is 1. The average Bonchev–Trinajstić information content (AvgIpc) is 3.14. The van der Waals surface area contributed by atoms with Gasteiger partial charge in [0.15, 0.2) is 0 Å². The first kappa shape index (κ1) is 20.0. The molecule has 4 rings (SSSR count). The standard InChI is InChI=1S/C22H25NO5S/c1-12(2)15-9-16-14(8-20(25)28-18(16)7-13(15)3)10-27-21(26)17-11-29-22(4)6-5-19(24)23(17)22/h7-9,12,17H,5-6,10-11H2,1-4H3/t17-,22+/m1/s1. The van der Waals surface area contributed by atoms with Crippen LogP contribution in [-0.2, 0) is 20.9 Å². The van der Waals surface area contributed by atoms with Crippen LogP contribution in [0.5, 0.6) is 0 Å². The van der Waals surface area contributed by atoms with Crippen molar-refractivity contribution in [3.05, 3.63) is 45.3 Å². The molecule has 2 fully saturated rings. The molecule has 29 heavy (non-hydrogen) atoms. The van der Waals surface area contributed by atoms with Gasteiger partial charge in [0.25, 0.3) is 0 Å². The van der Waals surface area contributed by atoms with E-state index >= 15 is 0 Å². The molecular formula is C22H25NO5S. The number of rotatable bonds is 4. The predicted molar refractivity (Wildman–Crippen MR) is 112 cm³/mol. The van der Waals surface area contributed by atoms with Crippen molar-refractivity contribution < 1.29 is 18.7 Å². The number of hydrogen-bond donors (Lipinski definition) is 0. The first-order valence-electron chi connectivity index (χ1n) is 9.89. The third-order valence-corrected chi connectivity index (χ3v) is 7.43. The van der Waals surface area contributed by atoms with Gasteiger partial charge in [0, 0.05) is 29.2 Å². The highest BCUT2D eigenvalue weighted by atomic mass is 32.2. The van der Waals surface area contributed by atoms with Crippen molar-refractivity contribution in [2.24, 2.45) is 0 Å². The third kappa shape index (κ3) is 3.45. The van der Waals surface area contributed by atoms with E-state index in [1.165, 1.54) is 6.07 Å². The quantitative estimate of drug-likeness (QED) is 0.560. The van der Waals surface area contributed by atoms with Gasteiger partial charge in [-0.2, -0.15) is 0 Å². The molecule has 0 N–H and O–H groups in total. The van der Waals surface area contributed by atoms with Gasteiger partial charge in [-0.3, -0.25) is 4.79 Å². The maximum atomic E-state index is 12.8. The Kier molecular flexibility index (Phi) is 4.97. The molecule has 2 aliphatic rings. The van der Waals surface area contributed by atoms with Crippen LogP contribution in [0.3, 0.4) is 0 Å². The number of ether oxygens (including phenoxy) is 1. The maximum Gasteiger partial charge on any atom is 0.336 e. The summed E-state index contributed by atoms with van der Waals surface area (Å²) in [5.41, 5.74) is 2.85. The number of carbonyl (C=O) groups is 2. The van der Waals surface area contributed by atoms with E-state index in [9.17, 15) is 14.4 Å². The molecule has 0 spiro atoms. The average molecular weight is 416 g/mol.